The summed E-state index contributed by atoms with van der Waals surface area (Å²) >= 11 is 3.72. The van der Waals surface area contributed by atoms with E-state index in [1.165, 1.54) is 22.1 Å². The summed E-state index contributed by atoms with van der Waals surface area (Å²) < 4.78 is 1.21. The molecule has 0 spiro atoms. The highest BCUT2D eigenvalue weighted by molar-refractivity contribution is 9.10. The van der Waals surface area contributed by atoms with Gasteiger partial charge in [-0.2, -0.15) is 0 Å². The van der Waals surface area contributed by atoms with E-state index >= 15 is 0 Å². The Balaban J connectivity index is 2.19. The maximum atomic E-state index is 3.72. The maximum Gasteiger partial charge on any atom is 0.0514 e. The third-order valence-corrected chi connectivity index (χ3v) is 4.46. The number of rotatable bonds is 4. The van der Waals surface area contributed by atoms with Crippen molar-refractivity contribution in [3.8, 4) is 0 Å². The van der Waals surface area contributed by atoms with Crippen LogP contribution < -0.4 is 10.2 Å². The van der Waals surface area contributed by atoms with Crippen molar-refractivity contribution in [3.05, 3.63) is 28.2 Å². The van der Waals surface area contributed by atoms with Gasteiger partial charge in [0.15, 0.2) is 0 Å². The van der Waals surface area contributed by atoms with Gasteiger partial charge in [-0.05, 0) is 67.6 Å². The first-order chi connectivity index (χ1) is 9.11. The van der Waals surface area contributed by atoms with Crippen molar-refractivity contribution in [3.63, 3.8) is 0 Å². The van der Waals surface area contributed by atoms with Crippen LogP contribution in [0.3, 0.4) is 0 Å². The Morgan fingerprint density at radius 3 is 2.84 bits per heavy atom. The lowest BCUT2D eigenvalue weighted by Gasteiger charge is -2.42. The summed E-state index contributed by atoms with van der Waals surface area (Å²) in [5.74, 6) is 0. The van der Waals surface area contributed by atoms with E-state index in [4.69, 9.17) is 0 Å². The minimum atomic E-state index is 0.588. The number of nitrogens with one attached hydrogen (secondary N) is 1. The molecule has 1 heterocycles. The van der Waals surface area contributed by atoms with Crippen molar-refractivity contribution < 1.29 is 0 Å². The number of hydrogen-bond acceptors (Lipinski definition) is 3. The summed E-state index contributed by atoms with van der Waals surface area (Å²) in [4.78, 5) is 4.99. The average Bonchev–Trinajstić information content (AvgIpc) is 2.37. The normalized spacial score (nSPS) is 20.8. The highest BCUT2D eigenvalue weighted by atomic mass is 79.9. The van der Waals surface area contributed by atoms with Crippen LogP contribution in [0, 0.1) is 6.92 Å². The Morgan fingerprint density at radius 1 is 1.37 bits per heavy atom. The van der Waals surface area contributed by atoms with Gasteiger partial charge < -0.3 is 15.1 Å². The Labute approximate surface area is 125 Å². The summed E-state index contributed by atoms with van der Waals surface area (Å²) in [7, 11) is 4.24. The topological polar surface area (TPSA) is 18.5 Å². The minimum Gasteiger partial charge on any atom is -0.365 e. The standard InChI is InChI=1S/C15H24BrN3/c1-12-4-5-15(14(16)10-12)19-9-8-18(3)11-13(19)6-7-17-2/h4-5,10,13,17H,6-9,11H2,1-3H3. The molecule has 1 aromatic rings. The van der Waals surface area contributed by atoms with E-state index in [2.05, 4.69) is 63.2 Å². The predicted octanol–water partition coefficient (Wildman–Crippen LogP) is 2.49. The number of piperazine rings is 1. The molecular weight excluding hydrogens is 302 g/mol. The van der Waals surface area contributed by atoms with Gasteiger partial charge in [0.2, 0.25) is 0 Å². The second kappa shape index (κ2) is 6.73. The quantitative estimate of drug-likeness (QED) is 0.917. The van der Waals surface area contributed by atoms with Crippen LogP contribution in [-0.2, 0) is 0 Å². The smallest absolute Gasteiger partial charge is 0.0514 e. The lowest BCUT2D eigenvalue weighted by Crippen LogP contribution is -2.52. The number of likely N-dealkylation sites (N-methyl/N-ethyl adjacent to an activating group) is 1. The molecule has 0 bridgehead atoms. The highest BCUT2D eigenvalue weighted by Crippen LogP contribution is 2.30. The Hall–Kier alpha value is -0.580. The number of anilines is 1. The van der Waals surface area contributed by atoms with Crippen LogP contribution in [0.25, 0.3) is 0 Å². The van der Waals surface area contributed by atoms with Gasteiger partial charge in [0.1, 0.15) is 0 Å². The van der Waals surface area contributed by atoms with Gasteiger partial charge in [0, 0.05) is 30.1 Å². The number of nitrogens with zero attached hydrogens (tertiary/aromatic N) is 2. The first kappa shape index (κ1) is 14.8. The fourth-order valence-corrected chi connectivity index (χ4v) is 3.45. The molecule has 3 nitrogen and oxygen atoms in total. The van der Waals surface area contributed by atoms with Crippen molar-refractivity contribution in [1.29, 1.82) is 0 Å². The van der Waals surface area contributed by atoms with E-state index in [1.54, 1.807) is 0 Å². The van der Waals surface area contributed by atoms with Crippen molar-refractivity contribution in [1.82, 2.24) is 10.2 Å². The highest BCUT2D eigenvalue weighted by Gasteiger charge is 2.26. The molecular formula is C15H24BrN3. The zero-order valence-electron chi connectivity index (χ0n) is 12.1. The SMILES string of the molecule is CNCCC1CN(C)CCN1c1ccc(C)cc1Br. The van der Waals surface area contributed by atoms with Crippen LogP contribution in [0.5, 0.6) is 0 Å². The Bertz CT molecular complexity index is 422. The van der Waals surface area contributed by atoms with Crippen LogP contribution in [0.15, 0.2) is 22.7 Å². The molecule has 0 amide bonds. The van der Waals surface area contributed by atoms with E-state index in [1.807, 2.05) is 7.05 Å². The lowest BCUT2D eigenvalue weighted by atomic mass is 10.1. The maximum absolute atomic E-state index is 3.72. The molecule has 1 unspecified atom stereocenters. The third-order valence-electron chi connectivity index (χ3n) is 3.83. The Morgan fingerprint density at radius 2 is 2.16 bits per heavy atom. The summed E-state index contributed by atoms with van der Waals surface area (Å²) in [5.41, 5.74) is 2.64. The van der Waals surface area contributed by atoms with Gasteiger partial charge in [-0.25, -0.2) is 0 Å². The molecule has 2 rings (SSSR count). The summed E-state index contributed by atoms with van der Waals surface area (Å²) in [5, 5.41) is 3.27. The van der Waals surface area contributed by atoms with Gasteiger partial charge in [-0.3, -0.25) is 0 Å². The molecule has 106 valence electrons. The largest absolute Gasteiger partial charge is 0.365 e. The third kappa shape index (κ3) is 3.71. The zero-order chi connectivity index (χ0) is 13.8. The molecule has 1 aromatic carbocycles. The number of halogens is 1. The van der Waals surface area contributed by atoms with Crippen LogP contribution in [0.1, 0.15) is 12.0 Å². The first-order valence-corrected chi connectivity index (χ1v) is 7.77. The number of aryl methyl sites for hydroxylation is 1. The van der Waals surface area contributed by atoms with Gasteiger partial charge in [-0.1, -0.05) is 6.07 Å². The van der Waals surface area contributed by atoms with Crippen molar-refractivity contribution in [2.45, 2.75) is 19.4 Å². The Kier molecular flexibility index (Phi) is 5.25. The minimum absolute atomic E-state index is 0.588. The van der Waals surface area contributed by atoms with Crippen LogP contribution >= 0.6 is 15.9 Å². The molecule has 0 radical (unpaired) electrons. The molecule has 1 N–H and O–H groups in total. The molecule has 0 saturated carbocycles. The first-order valence-electron chi connectivity index (χ1n) is 6.97. The van der Waals surface area contributed by atoms with Gasteiger partial charge in [0.25, 0.3) is 0 Å². The predicted molar refractivity (Wildman–Crippen MR) is 86.1 cm³/mol. The molecule has 4 heteroatoms. The van der Waals surface area contributed by atoms with Crippen LogP contribution in [0.2, 0.25) is 0 Å². The van der Waals surface area contributed by atoms with Crippen LogP contribution in [-0.4, -0.2) is 51.2 Å². The van der Waals surface area contributed by atoms with E-state index in [9.17, 15) is 0 Å². The molecule has 1 saturated heterocycles. The van der Waals surface area contributed by atoms with Crippen molar-refractivity contribution in [2.75, 3.05) is 45.2 Å². The van der Waals surface area contributed by atoms with Crippen molar-refractivity contribution >= 4 is 21.6 Å². The molecule has 1 atom stereocenters. The molecule has 0 aromatic heterocycles. The molecule has 1 fully saturated rings. The van der Waals surface area contributed by atoms with Crippen molar-refractivity contribution in [2.24, 2.45) is 0 Å². The summed E-state index contributed by atoms with van der Waals surface area (Å²) in [6.07, 6.45) is 1.18. The molecule has 1 aliphatic heterocycles. The lowest BCUT2D eigenvalue weighted by molar-refractivity contribution is 0.260. The van der Waals surface area contributed by atoms with E-state index in [0.29, 0.717) is 6.04 Å². The molecule has 1 aliphatic rings. The van der Waals surface area contributed by atoms with Gasteiger partial charge >= 0.3 is 0 Å². The fourth-order valence-electron chi connectivity index (χ4n) is 2.73. The fraction of sp³-hybridized carbons (Fsp3) is 0.600. The number of benzene rings is 1. The summed E-state index contributed by atoms with van der Waals surface area (Å²) in [6, 6.07) is 7.25. The second-order valence-electron chi connectivity index (χ2n) is 5.46. The van der Waals surface area contributed by atoms with Crippen LogP contribution in [0.4, 0.5) is 5.69 Å². The monoisotopic (exact) mass is 325 g/mol. The van der Waals surface area contributed by atoms with Gasteiger partial charge in [-0.15, -0.1) is 0 Å². The second-order valence-corrected chi connectivity index (χ2v) is 6.31. The van der Waals surface area contributed by atoms with E-state index < -0.39 is 0 Å². The van der Waals surface area contributed by atoms with E-state index in [-0.39, 0.29) is 0 Å². The van der Waals surface area contributed by atoms with Gasteiger partial charge in [0.05, 0.1) is 5.69 Å². The van der Waals surface area contributed by atoms with E-state index in [0.717, 1.165) is 26.2 Å². The average molecular weight is 326 g/mol. The molecule has 0 aliphatic carbocycles. The number of hydrogen-bond donors (Lipinski definition) is 1. The summed E-state index contributed by atoms with van der Waals surface area (Å²) in [6.45, 7) is 6.58. The molecule has 19 heavy (non-hydrogen) atoms. The zero-order valence-corrected chi connectivity index (χ0v) is 13.7.